The largest absolute Gasteiger partial charge is 0.486 e. The van der Waals surface area contributed by atoms with Crippen molar-refractivity contribution in [3.8, 4) is 5.75 Å². The number of ether oxygens (including phenoxy) is 1. The SMILES string of the molecule is CCCNC1CC(C)(C)Oc2c(Cl)cccc21. The molecule has 1 heterocycles. The first kappa shape index (κ1) is 12.7. The predicted octanol–water partition coefficient (Wildman–Crippen LogP) is 3.94. The van der Waals surface area contributed by atoms with Crippen LogP contribution in [0.15, 0.2) is 18.2 Å². The van der Waals surface area contributed by atoms with Crippen molar-refractivity contribution < 1.29 is 4.74 Å². The first-order valence-corrected chi connectivity index (χ1v) is 6.62. The second kappa shape index (κ2) is 4.87. The number of para-hydroxylation sites is 1. The molecule has 1 aromatic carbocycles. The molecule has 0 aromatic heterocycles. The van der Waals surface area contributed by atoms with E-state index >= 15 is 0 Å². The normalized spacial score (nSPS) is 21.8. The zero-order valence-electron chi connectivity index (χ0n) is 10.7. The molecule has 2 nitrogen and oxygen atoms in total. The number of nitrogens with one attached hydrogen (secondary N) is 1. The predicted molar refractivity (Wildman–Crippen MR) is 71.8 cm³/mol. The molecule has 0 fully saturated rings. The first-order chi connectivity index (χ1) is 8.03. The molecule has 1 aliphatic rings. The molecule has 1 aromatic rings. The molecule has 1 aliphatic heterocycles. The van der Waals surface area contributed by atoms with E-state index in [1.807, 2.05) is 12.1 Å². The Balaban J connectivity index is 2.33. The molecule has 1 unspecified atom stereocenters. The summed E-state index contributed by atoms with van der Waals surface area (Å²) < 4.78 is 5.99. The van der Waals surface area contributed by atoms with Gasteiger partial charge in [-0.2, -0.15) is 0 Å². The van der Waals surface area contributed by atoms with Gasteiger partial charge >= 0.3 is 0 Å². The van der Waals surface area contributed by atoms with Crippen molar-refractivity contribution in [1.82, 2.24) is 5.32 Å². The number of halogens is 1. The number of hydrogen-bond donors (Lipinski definition) is 1. The maximum absolute atomic E-state index is 6.22. The summed E-state index contributed by atoms with van der Waals surface area (Å²) in [6.45, 7) is 7.42. The molecule has 0 radical (unpaired) electrons. The standard InChI is InChI=1S/C14H20ClNO/c1-4-8-16-12-9-14(2,3)17-13-10(12)6-5-7-11(13)15/h5-7,12,16H,4,8-9H2,1-3H3. The van der Waals surface area contributed by atoms with Gasteiger partial charge in [0.05, 0.1) is 5.02 Å². The number of benzene rings is 1. The lowest BCUT2D eigenvalue weighted by molar-refractivity contribution is 0.0663. The first-order valence-electron chi connectivity index (χ1n) is 6.24. The molecule has 2 rings (SSSR count). The molecule has 0 saturated carbocycles. The van der Waals surface area contributed by atoms with Gasteiger partial charge in [-0.05, 0) is 32.9 Å². The van der Waals surface area contributed by atoms with Gasteiger partial charge in [0.15, 0.2) is 0 Å². The van der Waals surface area contributed by atoms with Crippen molar-refractivity contribution in [2.45, 2.75) is 45.3 Å². The maximum Gasteiger partial charge on any atom is 0.143 e. The smallest absolute Gasteiger partial charge is 0.143 e. The number of fused-ring (bicyclic) bond motifs is 1. The molecule has 0 bridgehead atoms. The minimum Gasteiger partial charge on any atom is -0.486 e. The molecule has 0 saturated heterocycles. The van der Waals surface area contributed by atoms with Crippen LogP contribution in [0.2, 0.25) is 5.02 Å². The highest BCUT2D eigenvalue weighted by Gasteiger charge is 2.34. The quantitative estimate of drug-likeness (QED) is 0.881. The Kier molecular flexibility index (Phi) is 3.64. The van der Waals surface area contributed by atoms with E-state index in [1.54, 1.807) is 0 Å². The molecule has 1 N–H and O–H groups in total. The Hall–Kier alpha value is -0.730. The van der Waals surface area contributed by atoms with Crippen LogP contribution in [0.4, 0.5) is 0 Å². The fraction of sp³-hybridized carbons (Fsp3) is 0.571. The molecular weight excluding hydrogens is 234 g/mol. The van der Waals surface area contributed by atoms with Gasteiger partial charge in [-0.25, -0.2) is 0 Å². The highest BCUT2D eigenvalue weighted by Crippen LogP contribution is 2.43. The second-order valence-electron chi connectivity index (χ2n) is 5.23. The van der Waals surface area contributed by atoms with E-state index in [4.69, 9.17) is 16.3 Å². The van der Waals surface area contributed by atoms with Gasteiger partial charge in [0.25, 0.3) is 0 Å². The summed E-state index contributed by atoms with van der Waals surface area (Å²) in [5.41, 5.74) is 1.02. The molecular formula is C14H20ClNO. The van der Waals surface area contributed by atoms with E-state index in [-0.39, 0.29) is 5.60 Å². The third-order valence-electron chi connectivity index (χ3n) is 3.09. The minimum absolute atomic E-state index is 0.163. The monoisotopic (exact) mass is 253 g/mol. The Bertz CT molecular complexity index is 403. The summed E-state index contributed by atoms with van der Waals surface area (Å²) in [5, 5.41) is 4.28. The number of rotatable bonds is 3. The lowest BCUT2D eigenvalue weighted by atomic mass is 9.89. The summed E-state index contributed by atoms with van der Waals surface area (Å²) in [5.74, 6) is 0.846. The van der Waals surface area contributed by atoms with E-state index < -0.39 is 0 Å². The van der Waals surface area contributed by atoms with Crippen LogP contribution >= 0.6 is 11.6 Å². The van der Waals surface area contributed by atoms with E-state index in [0.717, 1.165) is 25.1 Å². The van der Waals surface area contributed by atoms with E-state index in [0.29, 0.717) is 11.1 Å². The van der Waals surface area contributed by atoms with Crippen LogP contribution in [0, 0.1) is 0 Å². The Labute approximate surface area is 108 Å². The lowest BCUT2D eigenvalue weighted by Gasteiger charge is -2.38. The van der Waals surface area contributed by atoms with Crippen molar-refractivity contribution in [3.63, 3.8) is 0 Å². The van der Waals surface area contributed by atoms with Crippen molar-refractivity contribution >= 4 is 11.6 Å². The van der Waals surface area contributed by atoms with Gasteiger partial charge in [0, 0.05) is 18.0 Å². The third-order valence-corrected chi connectivity index (χ3v) is 3.39. The molecule has 0 amide bonds. The second-order valence-corrected chi connectivity index (χ2v) is 5.64. The Morgan fingerprint density at radius 2 is 2.24 bits per heavy atom. The van der Waals surface area contributed by atoms with Crippen LogP contribution in [0.1, 0.15) is 45.2 Å². The van der Waals surface area contributed by atoms with Crippen molar-refractivity contribution in [2.75, 3.05) is 6.54 Å². The van der Waals surface area contributed by atoms with Crippen LogP contribution in [0.5, 0.6) is 5.75 Å². The maximum atomic E-state index is 6.22. The molecule has 3 heteroatoms. The van der Waals surface area contributed by atoms with Gasteiger partial charge in [0.2, 0.25) is 0 Å². The fourth-order valence-electron chi connectivity index (χ4n) is 2.33. The highest BCUT2D eigenvalue weighted by molar-refractivity contribution is 6.32. The highest BCUT2D eigenvalue weighted by atomic mass is 35.5. The number of hydrogen-bond acceptors (Lipinski definition) is 2. The lowest BCUT2D eigenvalue weighted by Crippen LogP contribution is -2.39. The Morgan fingerprint density at radius 1 is 1.47 bits per heavy atom. The van der Waals surface area contributed by atoms with E-state index in [9.17, 15) is 0 Å². The summed E-state index contributed by atoms with van der Waals surface area (Å²) in [6, 6.07) is 6.32. The minimum atomic E-state index is -0.163. The van der Waals surface area contributed by atoms with Crippen molar-refractivity contribution in [1.29, 1.82) is 0 Å². The topological polar surface area (TPSA) is 21.3 Å². The van der Waals surface area contributed by atoms with Gasteiger partial charge in [0.1, 0.15) is 11.4 Å². The van der Waals surface area contributed by atoms with Gasteiger partial charge in [-0.1, -0.05) is 30.7 Å². The van der Waals surface area contributed by atoms with Crippen LogP contribution in [0.3, 0.4) is 0 Å². The molecule has 0 aliphatic carbocycles. The van der Waals surface area contributed by atoms with Gasteiger partial charge in [-0.3, -0.25) is 0 Å². The summed E-state index contributed by atoms with van der Waals surface area (Å²) >= 11 is 6.22. The average molecular weight is 254 g/mol. The van der Waals surface area contributed by atoms with Crippen LogP contribution in [0.25, 0.3) is 0 Å². The van der Waals surface area contributed by atoms with Gasteiger partial charge in [-0.15, -0.1) is 0 Å². The molecule has 17 heavy (non-hydrogen) atoms. The van der Waals surface area contributed by atoms with E-state index in [2.05, 4.69) is 32.2 Å². The third kappa shape index (κ3) is 2.75. The van der Waals surface area contributed by atoms with Crippen molar-refractivity contribution in [3.05, 3.63) is 28.8 Å². The Morgan fingerprint density at radius 3 is 2.94 bits per heavy atom. The summed E-state index contributed by atoms with van der Waals surface area (Å²) in [4.78, 5) is 0. The molecule has 1 atom stereocenters. The zero-order valence-corrected chi connectivity index (χ0v) is 11.5. The zero-order chi connectivity index (χ0) is 12.5. The molecule has 0 spiro atoms. The van der Waals surface area contributed by atoms with Gasteiger partial charge < -0.3 is 10.1 Å². The van der Waals surface area contributed by atoms with Crippen LogP contribution < -0.4 is 10.1 Å². The summed E-state index contributed by atoms with van der Waals surface area (Å²) in [7, 11) is 0. The van der Waals surface area contributed by atoms with Crippen molar-refractivity contribution in [2.24, 2.45) is 0 Å². The molecule has 94 valence electrons. The van der Waals surface area contributed by atoms with E-state index in [1.165, 1.54) is 5.56 Å². The van der Waals surface area contributed by atoms with Crippen LogP contribution in [-0.2, 0) is 0 Å². The fourth-order valence-corrected chi connectivity index (χ4v) is 2.55. The van der Waals surface area contributed by atoms with Crippen LogP contribution in [-0.4, -0.2) is 12.1 Å². The summed E-state index contributed by atoms with van der Waals surface area (Å²) in [6.07, 6.45) is 2.11. The average Bonchev–Trinajstić information content (AvgIpc) is 2.26.